The molecule has 1 aromatic carbocycles. The lowest BCUT2D eigenvalue weighted by Crippen LogP contribution is -2.04. The molecule has 3 rings (SSSR count). The van der Waals surface area contributed by atoms with E-state index in [2.05, 4.69) is 10.1 Å². The highest BCUT2D eigenvalue weighted by Crippen LogP contribution is 2.27. The molecule has 0 spiro atoms. The molecular formula is C15H12ClN3O3. The van der Waals surface area contributed by atoms with Crippen LogP contribution in [-0.4, -0.2) is 30.8 Å². The highest BCUT2D eigenvalue weighted by Gasteiger charge is 2.19. The average Bonchev–Trinajstić information content (AvgIpc) is 2.89. The maximum Gasteiger partial charge on any atom is 0.341 e. The van der Waals surface area contributed by atoms with E-state index in [0.717, 1.165) is 10.1 Å². The van der Waals surface area contributed by atoms with Crippen molar-refractivity contribution < 1.29 is 15.0 Å². The smallest absolute Gasteiger partial charge is 0.341 e. The van der Waals surface area contributed by atoms with Crippen LogP contribution in [0.25, 0.3) is 5.65 Å². The van der Waals surface area contributed by atoms with Crippen LogP contribution in [0.1, 0.15) is 27.2 Å². The Morgan fingerprint density at radius 3 is 2.77 bits per heavy atom. The third kappa shape index (κ3) is 2.27. The minimum Gasteiger partial charge on any atom is -0.493 e. The predicted octanol–water partition coefficient (Wildman–Crippen LogP) is 2.69. The zero-order valence-corrected chi connectivity index (χ0v) is 12.4. The molecule has 0 aliphatic carbocycles. The Hall–Kier alpha value is -2.60. The zero-order valence-electron chi connectivity index (χ0n) is 11.6. The molecule has 0 bridgehead atoms. The van der Waals surface area contributed by atoms with Gasteiger partial charge in [-0.3, -0.25) is 0 Å². The number of aromatic hydroxyl groups is 1. The summed E-state index contributed by atoms with van der Waals surface area (Å²) in [5, 5.41) is 24.0. The van der Waals surface area contributed by atoms with Crippen LogP contribution in [0.5, 0.6) is 5.88 Å². The molecule has 0 unspecified atom stereocenters. The van der Waals surface area contributed by atoms with E-state index in [-0.39, 0.29) is 17.1 Å². The number of nitrogens with zero attached hydrogens (tertiary/aromatic N) is 3. The molecular weight excluding hydrogens is 306 g/mol. The Bertz CT molecular complexity index is 889. The van der Waals surface area contributed by atoms with Crippen LogP contribution >= 0.6 is 11.6 Å². The van der Waals surface area contributed by atoms with Crippen LogP contribution in [-0.2, 0) is 6.42 Å². The van der Waals surface area contributed by atoms with E-state index in [4.69, 9.17) is 16.7 Å². The molecule has 2 aromatic heterocycles. The van der Waals surface area contributed by atoms with Gasteiger partial charge < -0.3 is 10.2 Å². The van der Waals surface area contributed by atoms with Crippen LogP contribution in [0.3, 0.4) is 0 Å². The number of aromatic nitrogens is 3. The molecule has 3 aromatic rings. The first-order valence-corrected chi connectivity index (χ1v) is 6.89. The molecule has 0 saturated carbocycles. The van der Waals surface area contributed by atoms with Gasteiger partial charge in [0.1, 0.15) is 5.56 Å². The number of halogens is 1. The van der Waals surface area contributed by atoms with Gasteiger partial charge in [-0.25, -0.2) is 9.78 Å². The molecule has 112 valence electrons. The van der Waals surface area contributed by atoms with Crippen molar-refractivity contribution in [2.45, 2.75) is 13.3 Å². The van der Waals surface area contributed by atoms with Crippen molar-refractivity contribution in [1.82, 2.24) is 14.6 Å². The van der Waals surface area contributed by atoms with Crippen LogP contribution in [0.15, 0.2) is 30.5 Å². The number of hydrogen-bond acceptors (Lipinski definition) is 4. The third-order valence-corrected chi connectivity index (χ3v) is 3.85. The van der Waals surface area contributed by atoms with Crippen LogP contribution in [0, 0.1) is 6.92 Å². The SMILES string of the molecule is Cc1nc2c(C(=O)O)cnn2c(O)c1Cc1ccccc1Cl. The first kappa shape index (κ1) is 14.3. The summed E-state index contributed by atoms with van der Waals surface area (Å²) in [5.74, 6) is -1.27. The molecule has 22 heavy (non-hydrogen) atoms. The Kier molecular flexibility index (Phi) is 3.46. The highest BCUT2D eigenvalue weighted by atomic mass is 35.5. The number of carboxylic acids is 1. The molecule has 0 aliphatic heterocycles. The van der Waals surface area contributed by atoms with Gasteiger partial charge in [0, 0.05) is 22.7 Å². The van der Waals surface area contributed by atoms with Crippen molar-refractivity contribution in [2.75, 3.05) is 0 Å². The normalized spacial score (nSPS) is 11.0. The fraction of sp³-hybridized carbons (Fsp3) is 0.133. The Morgan fingerprint density at radius 1 is 1.36 bits per heavy atom. The molecule has 6 nitrogen and oxygen atoms in total. The summed E-state index contributed by atoms with van der Waals surface area (Å²) in [5.41, 5.74) is 2.00. The van der Waals surface area contributed by atoms with E-state index >= 15 is 0 Å². The molecule has 0 atom stereocenters. The molecule has 2 heterocycles. The van der Waals surface area contributed by atoms with Crippen LogP contribution in [0.2, 0.25) is 5.02 Å². The lowest BCUT2D eigenvalue weighted by molar-refractivity contribution is 0.0699. The van der Waals surface area contributed by atoms with Crippen molar-refractivity contribution in [2.24, 2.45) is 0 Å². The fourth-order valence-electron chi connectivity index (χ4n) is 2.31. The Balaban J connectivity index is 2.15. The van der Waals surface area contributed by atoms with E-state index in [1.165, 1.54) is 6.20 Å². The third-order valence-electron chi connectivity index (χ3n) is 3.48. The topological polar surface area (TPSA) is 87.7 Å². The van der Waals surface area contributed by atoms with Crippen molar-refractivity contribution in [1.29, 1.82) is 0 Å². The van der Waals surface area contributed by atoms with Crippen molar-refractivity contribution in [3.05, 3.63) is 57.9 Å². The number of hydrogen-bond donors (Lipinski definition) is 2. The van der Waals surface area contributed by atoms with Gasteiger partial charge in [0.05, 0.1) is 6.20 Å². The Morgan fingerprint density at radius 2 is 2.09 bits per heavy atom. The second kappa shape index (κ2) is 5.31. The second-order valence-electron chi connectivity index (χ2n) is 4.87. The summed E-state index contributed by atoms with van der Waals surface area (Å²) >= 11 is 6.14. The standard InChI is InChI=1S/C15H12ClN3O3/c1-8-10(6-9-4-2-3-5-12(9)16)14(20)19-13(18-8)11(7-17-19)15(21)22/h2-5,7,20H,6H2,1H3,(H,21,22). The number of carboxylic acid groups (broad SMARTS) is 1. The lowest BCUT2D eigenvalue weighted by Gasteiger charge is -2.10. The molecule has 2 N–H and O–H groups in total. The van der Waals surface area contributed by atoms with Gasteiger partial charge in [-0.05, 0) is 18.6 Å². The number of aromatic carboxylic acids is 1. The molecule has 0 aliphatic rings. The summed E-state index contributed by atoms with van der Waals surface area (Å²) in [4.78, 5) is 15.4. The maximum atomic E-state index is 11.1. The molecule has 0 saturated heterocycles. The number of rotatable bonds is 3. The molecule has 0 fully saturated rings. The predicted molar refractivity (Wildman–Crippen MR) is 80.6 cm³/mol. The molecule has 0 radical (unpaired) electrons. The number of aryl methyl sites for hydroxylation is 1. The largest absolute Gasteiger partial charge is 0.493 e. The van der Waals surface area contributed by atoms with Gasteiger partial charge in [-0.15, -0.1) is 0 Å². The van der Waals surface area contributed by atoms with Crippen molar-refractivity contribution in [3.63, 3.8) is 0 Å². The van der Waals surface area contributed by atoms with Crippen molar-refractivity contribution >= 4 is 23.2 Å². The van der Waals surface area contributed by atoms with E-state index in [0.29, 0.717) is 22.7 Å². The van der Waals surface area contributed by atoms with Gasteiger partial charge in [0.2, 0.25) is 5.88 Å². The zero-order chi connectivity index (χ0) is 15.9. The van der Waals surface area contributed by atoms with Gasteiger partial charge >= 0.3 is 5.97 Å². The number of benzene rings is 1. The van der Waals surface area contributed by atoms with Crippen LogP contribution in [0.4, 0.5) is 0 Å². The summed E-state index contributed by atoms with van der Waals surface area (Å²) in [7, 11) is 0. The van der Waals surface area contributed by atoms with Crippen LogP contribution < -0.4 is 0 Å². The molecule has 0 amide bonds. The minimum atomic E-state index is -1.14. The molecule has 7 heteroatoms. The highest BCUT2D eigenvalue weighted by molar-refractivity contribution is 6.31. The Labute approximate surface area is 130 Å². The minimum absolute atomic E-state index is 0.0531. The quantitative estimate of drug-likeness (QED) is 0.775. The summed E-state index contributed by atoms with van der Waals surface area (Å²) in [6, 6.07) is 7.31. The number of fused-ring (bicyclic) bond motifs is 1. The van der Waals surface area contributed by atoms with Gasteiger partial charge in [0.15, 0.2) is 5.65 Å². The van der Waals surface area contributed by atoms with Crippen molar-refractivity contribution in [3.8, 4) is 5.88 Å². The second-order valence-corrected chi connectivity index (χ2v) is 5.27. The summed E-state index contributed by atoms with van der Waals surface area (Å²) < 4.78 is 1.13. The van der Waals surface area contributed by atoms with Gasteiger partial charge in [-0.1, -0.05) is 29.8 Å². The summed E-state index contributed by atoms with van der Waals surface area (Å²) in [6.07, 6.45) is 1.55. The summed E-state index contributed by atoms with van der Waals surface area (Å²) in [6.45, 7) is 1.71. The first-order valence-electron chi connectivity index (χ1n) is 6.52. The van der Waals surface area contributed by atoms with E-state index in [1.54, 1.807) is 13.0 Å². The lowest BCUT2D eigenvalue weighted by atomic mass is 10.0. The number of carbonyl (C=O) groups is 1. The maximum absolute atomic E-state index is 11.1. The van der Waals surface area contributed by atoms with E-state index < -0.39 is 5.97 Å². The average molecular weight is 318 g/mol. The van der Waals surface area contributed by atoms with Gasteiger partial charge in [-0.2, -0.15) is 9.61 Å². The fourth-order valence-corrected chi connectivity index (χ4v) is 2.51. The van der Waals surface area contributed by atoms with E-state index in [9.17, 15) is 9.90 Å². The monoisotopic (exact) mass is 317 g/mol. The van der Waals surface area contributed by atoms with E-state index in [1.807, 2.05) is 18.2 Å². The first-order chi connectivity index (χ1) is 10.5. The van der Waals surface area contributed by atoms with Gasteiger partial charge in [0.25, 0.3) is 0 Å².